The van der Waals surface area contributed by atoms with Crippen molar-refractivity contribution in [1.29, 1.82) is 0 Å². The van der Waals surface area contributed by atoms with E-state index in [-0.39, 0.29) is 11.4 Å². The molecule has 0 aromatic heterocycles. The van der Waals surface area contributed by atoms with Crippen LogP contribution in [-0.4, -0.2) is 22.9 Å². The van der Waals surface area contributed by atoms with Crippen molar-refractivity contribution in [2.75, 3.05) is 6.54 Å². The van der Waals surface area contributed by atoms with Crippen LogP contribution >= 0.6 is 0 Å². The highest BCUT2D eigenvalue weighted by Crippen LogP contribution is 2.11. The van der Waals surface area contributed by atoms with E-state index in [1.807, 2.05) is 56.0 Å². The molecule has 0 aliphatic rings. The van der Waals surface area contributed by atoms with Crippen molar-refractivity contribution in [1.82, 2.24) is 4.90 Å². The van der Waals surface area contributed by atoms with E-state index in [2.05, 4.69) is 0 Å². The van der Waals surface area contributed by atoms with Crippen molar-refractivity contribution >= 4 is 5.91 Å². The SMILES string of the molecule is CCN(Cc1ccccc1)C(=O)CCC(C)(C)N. The number of carbonyl (C=O) groups is 1. The first-order valence-electron chi connectivity index (χ1n) is 6.53. The Bertz CT molecular complexity index is 368. The number of hydrogen-bond donors (Lipinski definition) is 1. The van der Waals surface area contributed by atoms with E-state index in [4.69, 9.17) is 5.73 Å². The second-order valence-corrected chi connectivity index (χ2v) is 5.38. The van der Waals surface area contributed by atoms with Crippen LogP contribution in [0.1, 0.15) is 39.2 Å². The molecule has 0 fully saturated rings. The molecule has 3 nitrogen and oxygen atoms in total. The van der Waals surface area contributed by atoms with E-state index >= 15 is 0 Å². The molecular formula is C15H24N2O. The summed E-state index contributed by atoms with van der Waals surface area (Å²) in [7, 11) is 0. The zero-order valence-corrected chi connectivity index (χ0v) is 11.6. The first kappa shape index (κ1) is 14.7. The van der Waals surface area contributed by atoms with Gasteiger partial charge in [0.15, 0.2) is 0 Å². The zero-order valence-electron chi connectivity index (χ0n) is 11.6. The van der Waals surface area contributed by atoms with Crippen molar-refractivity contribution in [2.45, 2.75) is 45.7 Å². The molecule has 0 spiro atoms. The van der Waals surface area contributed by atoms with Crippen molar-refractivity contribution in [3.05, 3.63) is 35.9 Å². The molecule has 2 N–H and O–H groups in total. The van der Waals surface area contributed by atoms with Gasteiger partial charge in [-0.3, -0.25) is 4.79 Å². The Morgan fingerprint density at radius 3 is 2.39 bits per heavy atom. The Kier molecular flexibility index (Phi) is 5.35. The van der Waals surface area contributed by atoms with Crippen LogP contribution in [-0.2, 0) is 11.3 Å². The largest absolute Gasteiger partial charge is 0.339 e. The maximum atomic E-state index is 12.1. The molecule has 0 saturated heterocycles. The topological polar surface area (TPSA) is 46.3 Å². The summed E-state index contributed by atoms with van der Waals surface area (Å²) in [5.74, 6) is 0.180. The maximum absolute atomic E-state index is 12.1. The van der Waals surface area contributed by atoms with Gasteiger partial charge in [-0.1, -0.05) is 30.3 Å². The predicted molar refractivity (Wildman–Crippen MR) is 75.0 cm³/mol. The third-order valence-corrected chi connectivity index (χ3v) is 2.93. The molecule has 0 bridgehead atoms. The molecule has 0 saturated carbocycles. The Balaban J connectivity index is 2.53. The first-order valence-corrected chi connectivity index (χ1v) is 6.53. The summed E-state index contributed by atoms with van der Waals surface area (Å²) in [6.45, 7) is 7.33. The van der Waals surface area contributed by atoms with Crippen LogP contribution in [0.2, 0.25) is 0 Å². The lowest BCUT2D eigenvalue weighted by atomic mass is 9.99. The second-order valence-electron chi connectivity index (χ2n) is 5.38. The highest BCUT2D eigenvalue weighted by atomic mass is 16.2. The second kappa shape index (κ2) is 6.55. The fourth-order valence-corrected chi connectivity index (χ4v) is 1.77. The summed E-state index contributed by atoms with van der Waals surface area (Å²) in [5, 5.41) is 0. The number of benzene rings is 1. The Morgan fingerprint density at radius 1 is 1.28 bits per heavy atom. The van der Waals surface area contributed by atoms with Gasteiger partial charge in [-0.25, -0.2) is 0 Å². The van der Waals surface area contributed by atoms with E-state index < -0.39 is 0 Å². The summed E-state index contributed by atoms with van der Waals surface area (Å²) in [5.41, 5.74) is 6.80. The van der Waals surface area contributed by atoms with Gasteiger partial charge in [0.1, 0.15) is 0 Å². The van der Waals surface area contributed by atoms with Gasteiger partial charge in [-0.15, -0.1) is 0 Å². The average Bonchev–Trinajstić information content (AvgIpc) is 2.33. The van der Waals surface area contributed by atoms with E-state index in [0.717, 1.165) is 13.0 Å². The fraction of sp³-hybridized carbons (Fsp3) is 0.533. The maximum Gasteiger partial charge on any atom is 0.222 e. The smallest absolute Gasteiger partial charge is 0.222 e. The van der Waals surface area contributed by atoms with Gasteiger partial charge in [-0.05, 0) is 32.8 Å². The van der Waals surface area contributed by atoms with Crippen LogP contribution in [0, 0.1) is 0 Å². The monoisotopic (exact) mass is 248 g/mol. The van der Waals surface area contributed by atoms with Crippen LogP contribution in [0.5, 0.6) is 0 Å². The van der Waals surface area contributed by atoms with Gasteiger partial charge in [0.25, 0.3) is 0 Å². The summed E-state index contributed by atoms with van der Waals surface area (Å²) >= 11 is 0. The number of hydrogen-bond acceptors (Lipinski definition) is 2. The molecule has 100 valence electrons. The van der Waals surface area contributed by atoms with Crippen LogP contribution < -0.4 is 5.73 Å². The lowest BCUT2D eigenvalue weighted by Crippen LogP contribution is -2.36. The van der Waals surface area contributed by atoms with Crippen LogP contribution in [0.4, 0.5) is 0 Å². The van der Waals surface area contributed by atoms with Gasteiger partial charge in [0.2, 0.25) is 5.91 Å². The molecule has 1 rings (SSSR count). The summed E-state index contributed by atoms with van der Waals surface area (Å²) in [6, 6.07) is 10.1. The van der Waals surface area contributed by atoms with Crippen molar-refractivity contribution < 1.29 is 4.79 Å². The summed E-state index contributed by atoms with van der Waals surface area (Å²) in [4.78, 5) is 14.0. The number of carbonyl (C=O) groups excluding carboxylic acids is 1. The molecule has 0 radical (unpaired) electrons. The first-order chi connectivity index (χ1) is 8.42. The molecular weight excluding hydrogens is 224 g/mol. The minimum atomic E-state index is -0.276. The van der Waals surface area contributed by atoms with E-state index in [1.54, 1.807) is 0 Å². The van der Waals surface area contributed by atoms with E-state index in [1.165, 1.54) is 5.56 Å². The van der Waals surface area contributed by atoms with Crippen LogP contribution in [0.15, 0.2) is 30.3 Å². The standard InChI is InChI=1S/C15H24N2O/c1-4-17(12-13-8-6-5-7-9-13)14(18)10-11-15(2,3)16/h5-9H,4,10-12,16H2,1-3H3. The number of amides is 1. The van der Waals surface area contributed by atoms with Crippen molar-refractivity contribution in [2.24, 2.45) is 5.73 Å². The van der Waals surface area contributed by atoms with Gasteiger partial charge in [-0.2, -0.15) is 0 Å². The third kappa shape index (κ3) is 5.32. The van der Waals surface area contributed by atoms with Gasteiger partial charge < -0.3 is 10.6 Å². The molecule has 3 heteroatoms. The lowest BCUT2D eigenvalue weighted by molar-refractivity contribution is -0.132. The Labute approximate surface area is 110 Å². The Hall–Kier alpha value is -1.35. The van der Waals surface area contributed by atoms with E-state index in [0.29, 0.717) is 13.0 Å². The van der Waals surface area contributed by atoms with Gasteiger partial charge >= 0.3 is 0 Å². The van der Waals surface area contributed by atoms with Crippen LogP contribution in [0.25, 0.3) is 0 Å². The Morgan fingerprint density at radius 2 is 1.89 bits per heavy atom. The zero-order chi connectivity index (χ0) is 13.6. The number of nitrogens with two attached hydrogens (primary N) is 1. The minimum Gasteiger partial charge on any atom is -0.339 e. The van der Waals surface area contributed by atoms with Gasteiger partial charge in [0, 0.05) is 25.0 Å². The fourth-order valence-electron chi connectivity index (χ4n) is 1.77. The molecule has 1 amide bonds. The van der Waals surface area contributed by atoms with Crippen LogP contribution in [0.3, 0.4) is 0 Å². The quantitative estimate of drug-likeness (QED) is 0.841. The number of rotatable bonds is 6. The van der Waals surface area contributed by atoms with Crippen molar-refractivity contribution in [3.63, 3.8) is 0 Å². The average molecular weight is 248 g/mol. The highest BCUT2D eigenvalue weighted by molar-refractivity contribution is 5.76. The molecule has 0 heterocycles. The number of nitrogens with zero attached hydrogens (tertiary/aromatic N) is 1. The third-order valence-electron chi connectivity index (χ3n) is 2.93. The van der Waals surface area contributed by atoms with Crippen molar-refractivity contribution in [3.8, 4) is 0 Å². The summed E-state index contributed by atoms with van der Waals surface area (Å²) in [6.07, 6.45) is 1.24. The van der Waals surface area contributed by atoms with Gasteiger partial charge in [0.05, 0.1) is 0 Å². The normalized spacial score (nSPS) is 11.3. The minimum absolute atomic E-state index is 0.180. The predicted octanol–water partition coefficient (Wildman–Crippen LogP) is 2.55. The highest BCUT2D eigenvalue weighted by Gasteiger charge is 2.17. The molecule has 0 aliphatic carbocycles. The lowest BCUT2D eigenvalue weighted by Gasteiger charge is -2.24. The summed E-state index contributed by atoms with van der Waals surface area (Å²) < 4.78 is 0. The molecule has 1 aromatic rings. The molecule has 1 aromatic carbocycles. The molecule has 18 heavy (non-hydrogen) atoms. The van der Waals surface area contributed by atoms with E-state index in [9.17, 15) is 4.79 Å². The molecule has 0 aliphatic heterocycles. The molecule has 0 unspecified atom stereocenters. The molecule has 0 atom stereocenters.